The van der Waals surface area contributed by atoms with E-state index in [-0.39, 0.29) is 17.0 Å². The molecule has 0 saturated heterocycles. The molecule has 1 N–H and O–H groups in total. The minimum absolute atomic E-state index is 0.204. The molecule has 0 saturated carbocycles. The lowest BCUT2D eigenvalue weighted by atomic mass is 10.1. The van der Waals surface area contributed by atoms with E-state index in [9.17, 15) is 10.1 Å². The molecule has 2 heterocycles. The quantitative estimate of drug-likeness (QED) is 0.367. The van der Waals surface area contributed by atoms with Gasteiger partial charge in [-0.3, -0.25) is 4.79 Å². The monoisotopic (exact) mass is 449 g/mol. The number of nitrogens with zero attached hydrogens (tertiary/aromatic N) is 4. The number of rotatable bonds is 4. The van der Waals surface area contributed by atoms with Crippen molar-refractivity contribution < 1.29 is 0 Å². The number of fused-ring (bicyclic) bond motifs is 1. The summed E-state index contributed by atoms with van der Waals surface area (Å²) in [5, 5.41) is 15.7. The van der Waals surface area contributed by atoms with Gasteiger partial charge in [-0.2, -0.15) is 10.4 Å². The number of benzene rings is 3. The number of nitrogens with one attached hydrogen (secondary N) is 1. The molecule has 6 nitrogen and oxygen atoms in total. The SMILES string of the molecule is N#C/C(=C\c1cn(-c2ccccc2)nc1-c1ccc(Cl)cc1)c1nc2ccccc2c(=O)[nH]1. The highest BCUT2D eigenvalue weighted by molar-refractivity contribution is 6.30. The molecule has 0 atom stereocenters. The van der Waals surface area contributed by atoms with Crippen LogP contribution < -0.4 is 5.56 Å². The number of aromatic amines is 1. The van der Waals surface area contributed by atoms with E-state index in [1.165, 1.54) is 0 Å². The fourth-order valence-corrected chi connectivity index (χ4v) is 3.69. The standard InChI is InChI=1S/C26H16ClN5O/c27-20-12-10-17(11-13-20)24-19(16-32(31-24)21-6-2-1-3-7-21)14-18(15-28)25-29-23-9-5-4-8-22(23)26(33)30-25/h1-14,16H,(H,29,30,33)/b18-14+. The van der Waals surface area contributed by atoms with Crippen molar-refractivity contribution in [3.63, 3.8) is 0 Å². The molecule has 0 radical (unpaired) electrons. The molecule has 7 heteroatoms. The average Bonchev–Trinajstić information content (AvgIpc) is 3.27. The normalized spacial score (nSPS) is 11.5. The number of aromatic nitrogens is 4. The fourth-order valence-electron chi connectivity index (χ4n) is 3.56. The Morgan fingerprint density at radius 3 is 2.48 bits per heavy atom. The van der Waals surface area contributed by atoms with Crippen molar-refractivity contribution in [1.82, 2.24) is 19.7 Å². The molecule has 5 rings (SSSR count). The van der Waals surface area contributed by atoms with Gasteiger partial charge in [0.2, 0.25) is 0 Å². The van der Waals surface area contributed by atoms with E-state index < -0.39 is 0 Å². The van der Waals surface area contributed by atoms with E-state index in [0.29, 0.717) is 27.2 Å². The molecule has 0 bridgehead atoms. The Balaban J connectivity index is 1.68. The van der Waals surface area contributed by atoms with Crippen molar-refractivity contribution in [2.75, 3.05) is 0 Å². The van der Waals surface area contributed by atoms with E-state index in [1.54, 1.807) is 47.2 Å². The number of para-hydroxylation sites is 2. The summed E-state index contributed by atoms with van der Waals surface area (Å²) in [5.74, 6) is 0.204. The smallest absolute Gasteiger partial charge is 0.259 e. The molecule has 158 valence electrons. The number of hydrogen-bond donors (Lipinski definition) is 1. The van der Waals surface area contributed by atoms with Gasteiger partial charge in [-0.05, 0) is 42.5 Å². The number of hydrogen-bond acceptors (Lipinski definition) is 4. The summed E-state index contributed by atoms with van der Waals surface area (Å²) in [6.07, 6.45) is 3.53. The first kappa shape index (κ1) is 20.4. The minimum atomic E-state index is -0.297. The molecular weight excluding hydrogens is 434 g/mol. The van der Waals surface area contributed by atoms with Crippen LogP contribution in [0.1, 0.15) is 11.4 Å². The Hall–Kier alpha value is -4.47. The zero-order chi connectivity index (χ0) is 22.8. The first-order valence-corrected chi connectivity index (χ1v) is 10.5. The first-order chi connectivity index (χ1) is 16.1. The molecule has 33 heavy (non-hydrogen) atoms. The highest BCUT2D eigenvalue weighted by atomic mass is 35.5. The molecule has 0 aliphatic heterocycles. The maximum Gasteiger partial charge on any atom is 0.259 e. The minimum Gasteiger partial charge on any atom is -0.305 e. The van der Waals surface area contributed by atoms with Gasteiger partial charge >= 0.3 is 0 Å². The highest BCUT2D eigenvalue weighted by Crippen LogP contribution is 2.28. The molecule has 0 aliphatic carbocycles. The van der Waals surface area contributed by atoms with Crippen LogP contribution in [0.3, 0.4) is 0 Å². The second-order valence-electron chi connectivity index (χ2n) is 7.32. The summed E-state index contributed by atoms with van der Waals surface area (Å²) >= 11 is 6.07. The molecule has 5 aromatic rings. The average molecular weight is 450 g/mol. The van der Waals surface area contributed by atoms with Gasteiger partial charge in [0, 0.05) is 22.3 Å². The summed E-state index contributed by atoms with van der Waals surface area (Å²) in [4.78, 5) is 19.7. The molecule has 3 aromatic carbocycles. The van der Waals surface area contributed by atoms with Crippen LogP contribution >= 0.6 is 11.6 Å². The van der Waals surface area contributed by atoms with Crippen LogP contribution in [0.5, 0.6) is 0 Å². The lowest BCUT2D eigenvalue weighted by Gasteiger charge is -2.03. The van der Waals surface area contributed by atoms with Gasteiger partial charge in [-0.25, -0.2) is 9.67 Å². The maximum atomic E-state index is 12.5. The number of H-pyrrole nitrogens is 1. The van der Waals surface area contributed by atoms with Crippen LogP contribution in [0.25, 0.3) is 39.5 Å². The molecule has 0 aliphatic rings. The summed E-state index contributed by atoms with van der Waals surface area (Å²) in [6.45, 7) is 0. The van der Waals surface area contributed by atoms with Gasteiger partial charge in [-0.15, -0.1) is 0 Å². The predicted molar refractivity (Wildman–Crippen MR) is 130 cm³/mol. The summed E-state index contributed by atoms with van der Waals surface area (Å²) in [6, 6.07) is 26.2. The Labute approximate surface area is 194 Å². The number of halogens is 1. The van der Waals surface area contributed by atoms with Crippen molar-refractivity contribution in [3.05, 3.63) is 112 Å². The van der Waals surface area contributed by atoms with Crippen LogP contribution in [0.2, 0.25) is 5.02 Å². The van der Waals surface area contributed by atoms with E-state index in [2.05, 4.69) is 16.0 Å². The molecule has 0 fully saturated rings. The molecular formula is C26H16ClN5O. The van der Waals surface area contributed by atoms with E-state index in [0.717, 1.165) is 11.3 Å². The second kappa shape index (κ2) is 8.58. The second-order valence-corrected chi connectivity index (χ2v) is 7.76. The third-order valence-electron chi connectivity index (χ3n) is 5.17. The van der Waals surface area contributed by atoms with Gasteiger partial charge < -0.3 is 4.98 Å². The van der Waals surface area contributed by atoms with Gasteiger partial charge in [0.15, 0.2) is 5.82 Å². The zero-order valence-electron chi connectivity index (χ0n) is 17.2. The van der Waals surface area contributed by atoms with Crippen molar-refractivity contribution in [2.24, 2.45) is 0 Å². The van der Waals surface area contributed by atoms with Crippen molar-refractivity contribution in [2.45, 2.75) is 0 Å². The highest BCUT2D eigenvalue weighted by Gasteiger charge is 2.14. The first-order valence-electron chi connectivity index (χ1n) is 10.1. The third-order valence-corrected chi connectivity index (χ3v) is 5.42. The van der Waals surface area contributed by atoms with Crippen LogP contribution in [0.15, 0.2) is 89.9 Å². The number of nitriles is 1. The van der Waals surface area contributed by atoms with E-state index in [1.807, 2.05) is 48.7 Å². The van der Waals surface area contributed by atoms with Crippen LogP contribution in [-0.2, 0) is 0 Å². The maximum absolute atomic E-state index is 12.5. The van der Waals surface area contributed by atoms with Crippen LogP contribution in [0.4, 0.5) is 0 Å². The van der Waals surface area contributed by atoms with Crippen molar-refractivity contribution in [3.8, 4) is 23.0 Å². The van der Waals surface area contributed by atoms with E-state index >= 15 is 0 Å². The predicted octanol–water partition coefficient (Wildman–Crippen LogP) is 5.49. The van der Waals surface area contributed by atoms with Crippen LogP contribution in [-0.4, -0.2) is 19.7 Å². The van der Waals surface area contributed by atoms with Crippen molar-refractivity contribution in [1.29, 1.82) is 5.26 Å². The lowest BCUT2D eigenvalue weighted by Crippen LogP contribution is -2.11. The molecule has 0 unspecified atom stereocenters. The van der Waals surface area contributed by atoms with Crippen LogP contribution in [0, 0.1) is 11.3 Å². The summed E-state index contributed by atoms with van der Waals surface area (Å²) < 4.78 is 1.75. The van der Waals surface area contributed by atoms with E-state index in [4.69, 9.17) is 16.7 Å². The molecule has 2 aromatic heterocycles. The van der Waals surface area contributed by atoms with Gasteiger partial charge in [0.05, 0.1) is 27.9 Å². The Kier molecular flexibility index (Phi) is 5.31. The summed E-state index contributed by atoms with van der Waals surface area (Å²) in [7, 11) is 0. The lowest BCUT2D eigenvalue weighted by molar-refractivity contribution is 0.884. The topological polar surface area (TPSA) is 87.4 Å². The molecule has 0 spiro atoms. The van der Waals surface area contributed by atoms with Gasteiger partial charge in [0.25, 0.3) is 5.56 Å². The third kappa shape index (κ3) is 4.05. The molecule has 0 amide bonds. The Bertz CT molecular complexity index is 1590. The largest absolute Gasteiger partial charge is 0.305 e. The van der Waals surface area contributed by atoms with Crippen molar-refractivity contribution >= 4 is 34.2 Å². The zero-order valence-corrected chi connectivity index (χ0v) is 18.0. The fraction of sp³-hybridized carbons (Fsp3) is 0. The number of allylic oxidation sites excluding steroid dienone is 1. The Morgan fingerprint density at radius 1 is 1.00 bits per heavy atom. The summed E-state index contributed by atoms with van der Waals surface area (Å²) in [5.41, 5.74) is 3.55. The van der Waals surface area contributed by atoms with Gasteiger partial charge in [0.1, 0.15) is 6.07 Å². The van der Waals surface area contributed by atoms with Gasteiger partial charge in [-0.1, -0.05) is 54.1 Å². The Morgan fingerprint density at radius 2 is 1.73 bits per heavy atom.